The average molecular weight is 582 g/mol. The van der Waals surface area contributed by atoms with Crippen molar-refractivity contribution in [1.29, 1.82) is 0 Å². The van der Waals surface area contributed by atoms with Gasteiger partial charge in [0.05, 0.1) is 19.2 Å². The molecular weight excluding hydrogens is 546 g/mol. The van der Waals surface area contributed by atoms with Crippen molar-refractivity contribution in [2.75, 3.05) is 51.8 Å². The summed E-state index contributed by atoms with van der Waals surface area (Å²) in [5.41, 5.74) is 3.56. The third-order valence-electron chi connectivity index (χ3n) is 8.24. The molecule has 222 valence electrons. The van der Waals surface area contributed by atoms with Gasteiger partial charge in [-0.25, -0.2) is 0 Å². The first-order chi connectivity index (χ1) is 20.9. The topological polar surface area (TPSA) is 97.2 Å². The molecule has 3 amide bonds. The van der Waals surface area contributed by atoms with E-state index < -0.39 is 0 Å². The van der Waals surface area contributed by atoms with Gasteiger partial charge in [0.15, 0.2) is 5.69 Å². The van der Waals surface area contributed by atoms with E-state index >= 15 is 0 Å². The van der Waals surface area contributed by atoms with Crippen LogP contribution in [0.3, 0.4) is 0 Å². The fourth-order valence-corrected chi connectivity index (χ4v) is 5.70. The Bertz CT molecular complexity index is 1620. The molecular formula is C33H35N5O5. The normalized spacial score (nSPS) is 16.8. The Morgan fingerprint density at radius 2 is 1.63 bits per heavy atom. The van der Waals surface area contributed by atoms with Gasteiger partial charge in [-0.1, -0.05) is 30.3 Å². The molecule has 0 bridgehead atoms. The van der Waals surface area contributed by atoms with Crippen molar-refractivity contribution in [2.24, 2.45) is 0 Å². The van der Waals surface area contributed by atoms with Crippen LogP contribution in [0.4, 0.5) is 5.69 Å². The summed E-state index contributed by atoms with van der Waals surface area (Å²) in [6.07, 6.45) is 1.33. The van der Waals surface area contributed by atoms with Crippen molar-refractivity contribution in [3.8, 4) is 5.75 Å². The maximum Gasteiger partial charge on any atom is 0.275 e. The molecule has 2 fully saturated rings. The minimum Gasteiger partial charge on any atom is -0.497 e. The molecule has 1 aromatic heterocycles. The van der Waals surface area contributed by atoms with Gasteiger partial charge in [0.1, 0.15) is 11.9 Å². The summed E-state index contributed by atoms with van der Waals surface area (Å²) < 4.78 is 12.6. The zero-order chi connectivity index (χ0) is 29.9. The van der Waals surface area contributed by atoms with Crippen molar-refractivity contribution in [3.05, 3.63) is 89.6 Å². The van der Waals surface area contributed by atoms with E-state index in [1.165, 1.54) is 0 Å². The number of carbonyl (C=O) groups is 3. The quantitative estimate of drug-likeness (QED) is 0.329. The number of fused-ring (bicyclic) bond motifs is 1. The molecule has 3 aromatic carbocycles. The van der Waals surface area contributed by atoms with E-state index in [0.29, 0.717) is 50.6 Å². The monoisotopic (exact) mass is 581 g/mol. The number of benzene rings is 3. The van der Waals surface area contributed by atoms with Crippen molar-refractivity contribution < 1.29 is 23.9 Å². The van der Waals surface area contributed by atoms with Gasteiger partial charge >= 0.3 is 0 Å². The summed E-state index contributed by atoms with van der Waals surface area (Å²) in [5.74, 6) is 0.502. The molecule has 2 aliphatic heterocycles. The highest BCUT2D eigenvalue weighted by Crippen LogP contribution is 2.24. The fraction of sp³-hybridized carbons (Fsp3) is 0.333. The molecule has 0 N–H and O–H groups in total. The number of nitrogens with zero attached hydrogens (tertiary/aromatic N) is 5. The highest BCUT2D eigenvalue weighted by Gasteiger charge is 2.32. The van der Waals surface area contributed by atoms with E-state index in [0.717, 1.165) is 40.7 Å². The second kappa shape index (κ2) is 12.3. The minimum absolute atomic E-state index is 0.0272. The van der Waals surface area contributed by atoms with Gasteiger partial charge < -0.3 is 24.2 Å². The molecule has 1 atom stereocenters. The molecule has 2 aliphatic rings. The zero-order valence-corrected chi connectivity index (χ0v) is 24.4. The van der Waals surface area contributed by atoms with Crippen molar-refractivity contribution in [3.63, 3.8) is 0 Å². The fourth-order valence-electron chi connectivity index (χ4n) is 5.70. The molecule has 0 aliphatic carbocycles. The predicted octanol–water partition coefficient (Wildman–Crippen LogP) is 3.83. The van der Waals surface area contributed by atoms with E-state index in [4.69, 9.17) is 14.6 Å². The first-order valence-electron chi connectivity index (χ1n) is 14.6. The summed E-state index contributed by atoms with van der Waals surface area (Å²) in [5, 5.41) is 5.55. The molecule has 1 unspecified atom stereocenters. The number of carbonyl (C=O) groups excluding carboxylic acids is 3. The maximum absolute atomic E-state index is 13.6. The number of para-hydroxylation sites is 1. The van der Waals surface area contributed by atoms with E-state index in [-0.39, 0.29) is 23.8 Å². The Morgan fingerprint density at radius 3 is 2.30 bits per heavy atom. The van der Waals surface area contributed by atoms with Crippen LogP contribution < -0.4 is 9.64 Å². The Labute approximate surface area is 250 Å². The molecule has 10 nitrogen and oxygen atoms in total. The molecule has 0 saturated carbocycles. The SMILES string of the molecule is COc1ccc(N(C)C(=O)c2ccc(Cn3nc(C(=O)N4CCN(C(=O)C5CCCO5)CC4)c4ccccc43)cc2)cc1. The van der Waals surface area contributed by atoms with Crippen LogP contribution in [0.5, 0.6) is 5.75 Å². The van der Waals surface area contributed by atoms with Gasteiger partial charge in [-0.05, 0) is 60.9 Å². The van der Waals surface area contributed by atoms with Crippen molar-refractivity contribution in [1.82, 2.24) is 19.6 Å². The van der Waals surface area contributed by atoms with E-state index in [2.05, 4.69) is 0 Å². The molecule has 4 aromatic rings. The Kier molecular flexibility index (Phi) is 8.11. The predicted molar refractivity (Wildman–Crippen MR) is 162 cm³/mol. The Morgan fingerprint density at radius 1 is 0.930 bits per heavy atom. The van der Waals surface area contributed by atoms with Crippen LogP contribution in [0.15, 0.2) is 72.8 Å². The van der Waals surface area contributed by atoms with Crippen LogP contribution >= 0.6 is 0 Å². The smallest absolute Gasteiger partial charge is 0.275 e. The minimum atomic E-state index is -0.344. The lowest BCUT2D eigenvalue weighted by Gasteiger charge is -2.35. The second-order valence-corrected chi connectivity index (χ2v) is 10.9. The number of ether oxygens (including phenoxy) is 2. The van der Waals surface area contributed by atoms with E-state index in [9.17, 15) is 14.4 Å². The first-order valence-corrected chi connectivity index (χ1v) is 14.6. The summed E-state index contributed by atoms with van der Waals surface area (Å²) in [7, 11) is 3.35. The van der Waals surface area contributed by atoms with Crippen LogP contribution in [-0.2, 0) is 16.1 Å². The van der Waals surface area contributed by atoms with Gasteiger partial charge in [0.2, 0.25) is 0 Å². The van der Waals surface area contributed by atoms with E-state index in [1.54, 1.807) is 28.9 Å². The third kappa shape index (κ3) is 5.83. The van der Waals surface area contributed by atoms with Gasteiger partial charge in [-0.2, -0.15) is 5.10 Å². The first kappa shape index (κ1) is 28.4. The van der Waals surface area contributed by atoms with E-state index in [1.807, 2.05) is 77.5 Å². The number of rotatable bonds is 7. The number of anilines is 1. The van der Waals surface area contributed by atoms with Crippen LogP contribution in [-0.4, -0.2) is 90.3 Å². The lowest BCUT2D eigenvalue weighted by atomic mass is 10.1. The Hall–Kier alpha value is -4.70. The summed E-state index contributed by atoms with van der Waals surface area (Å²) >= 11 is 0. The number of methoxy groups -OCH3 is 1. The average Bonchev–Trinajstić information content (AvgIpc) is 3.73. The molecule has 43 heavy (non-hydrogen) atoms. The van der Waals surface area contributed by atoms with Crippen LogP contribution in [0.25, 0.3) is 10.9 Å². The molecule has 0 radical (unpaired) electrons. The summed E-state index contributed by atoms with van der Waals surface area (Å²) in [6.45, 7) is 2.97. The molecule has 0 spiro atoms. The van der Waals surface area contributed by atoms with Crippen LogP contribution in [0.1, 0.15) is 39.3 Å². The third-order valence-corrected chi connectivity index (χ3v) is 8.24. The number of piperazine rings is 1. The lowest BCUT2D eigenvalue weighted by Crippen LogP contribution is -2.52. The summed E-state index contributed by atoms with van der Waals surface area (Å²) in [6, 6.07) is 22.5. The molecule has 2 saturated heterocycles. The highest BCUT2D eigenvalue weighted by atomic mass is 16.5. The van der Waals surface area contributed by atoms with Crippen molar-refractivity contribution in [2.45, 2.75) is 25.5 Å². The Balaban J connectivity index is 1.14. The number of hydrogen-bond acceptors (Lipinski definition) is 6. The standard InChI is InChI=1S/C33H35N5O5/c1-35(25-13-15-26(42-2)16-14-25)31(39)24-11-9-23(10-12-24)22-38-28-7-4-3-6-27(28)30(34-38)33(41)37-19-17-36(18-20-37)32(40)29-8-5-21-43-29/h3-4,6-7,9-16,29H,5,8,17-22H2,1-2H3. The number of aromatic nitrogens is 2. The maximum atomic E-state index is 13.6. The van der Waals surface area contributed by atoms with Crippen LogP contribution in [0.2, 0.25) is 0 Å². The van der Waals surface area contributed by atoms with Gasteiger partial charge in [0, 0.05) is 56.5 Å². The van der Waals surface area contributed by atoms with Crippen molar-refractivity contribution >= 4 is 34.3 Å². The van der Waals surface area contributed by atoms with Crippen LogP contribution in [0, 0.1) is 0 Å². The lowest BCUT2D eigenvalue weighted by molar-refractivity contribution is -0.142. The van der Waals surface area contributed by atoms with Gasteiger partial charge in [-0.3, -0.25) is 19.1 Å². The number of hydrogen-bond donors (Lipinski definition) is 0. The van der Waals surface area contributed by atoms with Gasteiger partial charge in [-0.15, -0.1) is 0 Å². The highest BCUT2D eigenvalue weighted by molar-refractivity contribution is 6.06. The molecule has 10 heteroatoms. The summed E-state index contributed by atoms with van der Waals surface area (Å²) in [4.78, 5) is 44.6. The molecule has 6 rings (SSSR count). The zero-order valence-electron chi connectivity index (χ0n) is 24.4. The van der Waals surface area contributed by atoms with Gasteiger partial charge in [0.25, 0.3) is 17.7 Å². The number of amides is 3. The largest absolute Gasteiger partial charge is 0.497 e. The second-order valence-electron chi connectivity index (χ2n) is 10.9. The molecule has 3 heterocycles.